The van der Waals surface area contributed by atoms with E-state index in [1.54, 1.807) is 19.3 Å². The summed E-state index contributed by atoms with van der Waals surface area (Å²) in [5.74, 6) is -1.93. The van der Waals surface area contributed by atoms with E-state index < -0.39 is 29.2 Å². The van der Waals surface area contributed by atoms with Gasteiger partial charge in [-0.05, 0) is 98.4 Å². The number of halogens is 3. The fourth-order valence-electron chi connectivity index (χ4n) is 7.76. The molecule has 2 unspecified atom stereocenters. The predicted molar refractivity (Wildman–Crippen MR) is 175 cm³/mol. The molecule has 3 fully saturated rings. The summed E-state index contributed by atoms with van der Waals surface area (Å²) < 4.78 is 46.6. The lowest BCUT2D eigenvalue weighted by molar-refractivity contribution is -0.144. The third-order valence-corrected chi connectivity index (χ3v) is 10.4. The van der Waals surface area contributed by atoms with E-state index in [4.69, 9.17) is 4.74 Å². The lowest BCUT2D eigenvalue weighted by Gasteiger charge is -2.34. The maximum Gasteiger partial charge on any atom is 0.433 e. The number of amides is 2. The Balaban J connectivity index is 1.19. The predicted octanol–water partition coefficient (Wildman–Crippen LogP) is 5.55. The van der Waals surface area contributed by atoms with Gasteiger partial charge in [-0.2, -0.15) is 18.3 Å². The molecule has 3 aromatic heterocycles. The molecule has 14 heteroatoms. The fourth-order valence-corrected chi connectivity index (χ4v) is 7.76. The van der Waals surface area contributed by atoms with Crippen molar-refractivity contribution in [2.24, 2.45) is 5.92 Å². The fraction of sp³-hybridized carbons (Fsp3) is 0.417. The molecule has 4 aromatic rings. The zero-order valence-corrected chi connectivity index (χ0v) is 27.9. The average molecular weight is 689 g/mol. The largest absolute Gasteiger partial charge is 0.468 e. The Morgan fingerprint density at radius 3 is 2.46 bits per heavy atom. The van der Waals surface area contributed by atoms with Crippen molar-refractivity contribution in [1.82, 2.24) is 24.6 Å². The van der Waals surface area contributed by atoms with Gasteiger partial charge in [-0.1, -0.05) is 6.07 Å². The molecule has 1 aromatic carbocycles. The van der Waals surface area contributed by atoms with E-state index in [0.717, 1.165) is 28.3 Å². The number of aryl methyl sites for hydroxylation is 2. The SMILES string of the molecule is COC(=O)C1(c2cncc(-c3cc(C)c4c(c3)c(C(C)=O)nn4CC(=O)N3C4CCC(C4)[C@H]3C(=O)Nc3nc(C(F)(F)F)ccc3C)c2)CC1. The summed E-state index contributed by atoms with van der Waals surface area (Å²) in [5.41, 5.74) is 2.29. The van der Waals surface area contributed by atoms with Gasteiger partial charge in [-0.25, -0.2) is 4.98 Å². The molecule has 2 amide bonds. The minimum atomic E-state index is -4.68. The number of fused-ring (bicyclic) bond motifs is 3. The van der Waals surface area contributed by atoms with Crippen LogP contribution in [0, 0.1) is 19.8 Å². The van der Waals surface area contributed by atoms with Gasteiger partial charge in [-0.15, -0.1) is 0 Å². The number of esters is 1. The van der Waals surface area contributed by atoms with Crippen LogP contribution in [0.2, 0.25) is 0 Å². The number of methoxy groups -OCH3 is 1. The van der Waals surface area contributed by atoms with Crippen LogP contribution in [-0.4, -0.2) is 67.4 Å². The lowest BCUT2D eigenvalue weighted by atomic mass is 9.94. The number of Topliss-reactive ketones (excluding diaryl/α,β-unsaturated/α-hetero) is 1. The number of nitrogens with zero attached hydrogens (tertiary/aromatic N) is 5. The summed E-state index contributed by atoms with van der Waals surface area (Å²) in [6.07, 6.45) is 2.01. The first-order chi connectivity index (χ1) is 23.7. The van der Waals surface area contributed by atoms with E-state index in [-0.39, 0.29) is 47.7 Å². The van der Waals surface area contributed by atoms with Gasteiger partial charge in [0.2, 0.25) is 11.8 Å². The molecule has 2 bridgehead atoms. The average Bonchev–Trinajstić information content (AvgIpc) is 3.41. The number of pyridine rings is 2. The zero-order chi connectivity index (χ0) is 35.7. The number of carbonyl (C=O) groups is 4. The Hall–Kier alpha value is -5.14. The molecule has 1 saturated heterocycles. The number of piperidine rings is 1. The molecular formula is C36H35F3N6O5. The van der Waals surface area contributed by atoms with Crippen molar-refractivity contribution in [2.75, 3.05) is 12.4 Å². The second kappa shape index (κ2) is 12.0. The molecule has 4 heterocycles. The maximum atomic E-state index is 14.1. The molecule has 2 saturated carbocycles. The van der Waals surface area contributed by atoms with Crippen LogP contribution in [0.4, 0.5) is 19.0 Å². The molecule has 0 radical (unpaired) electrons. The van der Waals surface area contributed by atoms with E-state index in [0.29, 0.717) is 48.6 Å². The third kappa shape index (κ3) is 5.59. The number of anilines is 1. The van der Waals surface area contributed by atoms with Crippen LogP contribution < -0.4 is 5.32 Å². The quantitative estimate of drug-likeness (QED) is 0.188. The van der Waals surface area contributed by atoms with Gasteiger partial charge < -0.3 is 15.0 Å². The van der Waals surface area contributed by atoms with Gasteiger partial charge in [0.1, 0.15) is 29.8 Å². The molecular weight excluding hydrogens is 653 g/mol. The van der Waals surface area contributed by atoms with Gasteiger partial charge >= 0.3 is 12.1 Å². The Bertz CT molecular complexity index is 2090. The molecule has 50 heavy (non-hydrogen) atoms. The van der Waals surface area contributed by atoms with Crippen molar-refractivity contribution in [3.8, 4) is 11.1 Å². The Morgan fingerprint density at radius 2 is 1.78 bits per heavy atom. The minimum absolute atomic E-state index is 0.153. The summed E-state index contributed by atoms with van der Waals surface area (Å²) in [5, 5.41) is 7.67. The molecule has 2 aliphatic carbocycles. The normalized spacial score (nSPS) is 20.6. The maximum absolute atomic E-state index is 14.1. The summed E-state index contributed by atoms with van der Waals surface area (Å²) in [4.78, 5) is 62.6. The number of nitrogens with one attached hydrogen (secondary N) is 1. The van der Waals surface area contributed by atoms with E-state index in [2.05, 4.69) is 20.4 Å². The topological polar surface area (TPSA) is 136 Å². The van der Waals surface area contributed by atoms with Crippen molar-refractivity contribution in [1.29, 1.82) is 0 Å². The number of ether oxygens (including phenoxy) is 1. The van der Waals surface area contributed by atoms with Crippen LogP contribution in [0.25, 0.3) is 22.0 Å². The third-order valence-electron chi connectivity index (χ3n) is 10.4. The Morgan fingerprint density at radius 1 is 1.02 bits per heavy atom. The first kappa shape index (κ1) is 33.4. The van der Waals surface area contributed by atoms with E-state index in [1.807, 2.05) is 25.1 Å². The number of rotatable bonds is 8. The summed E-state index contributed by atoms with van der Waals surface area (Å²) >= 11 is 0. The number of benzene rings is 1. The number of likely N-dealkylation sites (tertiary alicyclic amines) is 1. The zero-order valence-electron chi connectivity index (χ0n) is 27.9. The Kier molecular flexibility index (Phi) is 8.02. The van der Waals surface area contributed by atoms with E-state index in [9.17, 15) is 32.3 Å². The van der Waals surface area contributed by atoms with Gasteiger partial charge in [0.15, 0.2) is 5.78 Å². The van der Waals surface area contributed by atoms with Crippen molar-refractivity contribution < 1.29 is 37.1 Å². The second-order valence-electron chi connectivity index (χ2n) is 13.6. The number of ketones is 1. The number of hydrogen-bond acceptors (Lipinski definition) is 8. The van der Waals surface area contributed by atoms with Crippen LogP contribution in [0.15, 0.2) is 42.7 Å². The van der Waals surface area contributed by atoms with Crippen molar-refractivity contribution in [2.45, 2.75) is 83.1 Å². The van der Waals surface area contributed by atoms with E-state index >= 15 is 0 Å². The number of alkyl halides is 3. The van der Waals surface area contributed by atoms with Crippen LogP contribution in [0.1, 0.15) is 71.9 Å². The summed E-state index contributed by atoms with van der Waals surface area (Å²) in [6.45, 7) is 4.55. The highest BCUT2D eigenvalue weighted by atomic mass is 19.4. The minimum Gasteiger partial charge on any atom is -0.468 e. The van der Waals surface area contributed by atoms with Crippen molar-refractivity contribution in [3.05, 3.63) is 70.8 Å². The second-order valence-corrected chi connectivity index (χ2v) is 13.6. The van der Waals surface area contributed by atoms with Gasteiger partial charge in [0.05, 0.1) is 18.0 Å². The molecule has 1 N–H and O–H groups in total. The number of carbonyl (C=O) groups excluding carboxylic acids is 4. The van der Waals surface area contributed by atoms with Gasteiger partial charge in [0.25, 0.3) is 0 Å². The van der Waals surface area contributed by atoms with Crippen LogP contribution >= 0.6 is 0 Å². The molecule has 3 aliphatic rings. The van der Waals surface area contributed by atoms with Crippen LogP contribution in [0.3, 0.4) is 0 Å². The molecule has 7 rings (SSSR count). The van der Waals surface area contributed by atoms with Crippen molar-refractivity contribution >= 4 is 40.3 Å². The molecule has 11 nitrogen and oxygen atoms in total. The van der Waals surface area contributed by atoms with Crippen molar-refractivity contribution in [3.63, 3.8) is 0 Å². The number of hydrogen-bond donors (Lipinski definition) is 1. The molecule has 260 valence electrons. The van der Waals surface area contributed by atoms with Crippen LogP contribution in [-0.2, 0) is 37.3 Å². The smallest absolute Gasteiger partial charge is 0.433 e. The van der Waals surface area contributed by atoms with Gasteiger partial charge in [-0.3, -0.25) is 28.8 Å². The van der Waals surface area contributed by atoms with E-state index in [1.165, 1.54) is 29.7 Å². The highest BCUT2D eigenvalue weighted by molar-refractivity contribution is 6.07. The lowest BCUT2D eigenvalue weighted by Crippen LogP contribution is -2.52. The standard InChI is InChI=1S/C36H35F3N6O5/c1-18-5-8-27(36(37,38)39)41-32(18)42-33(48)31-21-6-7-25(13-21)45(31)28(47)17-44-30-19(2)11-22(14-26(30)29(43-44)20(3)46)23-12-24(16-40-15-23)35(9-10-35)34(49)50-4/h5,8,11-12,14-16,21,25,31H,6-7,9-10,13,17H2,1-4H3,(H,41,42,48)/t21?,25?,31-/m0/s1. The summed E-state index contributed by atoms with van der Waals surface area (Å²) in [7, 11) is 1.37. The monoisotopic (exact) mass is 688 g/mol. The van der Waals surface area contributed by atoms with Crippen LogP contribution in [0.5, 0.6) is 0 Å². The molecule has 3 atom stereocenters. The Labute approximate surface area is 285 Å². The first-order valence-corrected chi connectivity index (χ1v) is 16.4. The molecule has 0 spiro atoms. The highest BCUT2D eigenvalue weighted by Gasteiger charge is 2.53. The van der Waals surface area contributed by atoms with Gasteiger partial charge in [0, 0.05) is 36.3 Å². The first-order valence-electron chi connectivity index (χ1n) is 16.4. The highest BCUT2D eigenvalue weighted by Crippen LogP contribution is 2.49. The number of aromatic nitrogens is 4. The summed E-state index contributed by atoms with van der Waals surface area (Å²) in [6, 6.07) is 6.64. The molecule has 1 aliphatic heterocycles.